The van der Waals surface area contributed by atoms with Crippen molar-refractivity contribution >= 4 is 27.3 Å². The van der Waals surface area contributed by atoms with Gasteiger partial charge in [-0.2, -0.15) is 0 Å². The van der Waals surface area contributed by atoms with Crippen LogP contribution in [0.1, 0.15) is 39.0 Å². The van der Waals surface area contributed by atoms with Gasteiger partial charge in [0, 0.05) is 24.6 Å². The third-order valence-electron chi connectivity index (χ3n) is 4.21. The maximum absolute atomic E-state index is 3.80. The van der Waals surface area contributed by atoms with Crippen LogP contribution in [-0.2, 0) is 0 Å². The molecular weight excluding hydrogens is 300 g/mol. The summed E-state index contributed by atoms with van der Waals surface area (Å²) in [7, 11) is 4.21. The summed E-state index contributed by atoms with van der Waals surface area (Å²) in [5.74, 6) is 0.822. The normalized spacial score (nSPS) is 23.2. The molecule has 0 aliphatic heterocycles. The molecule has 1 N–H and O–H groups in total. The van der Waals surface area contributed by atoms with Crippen molar-refractivity contribution in [3.63, 3.8) is 0 Å². The van der Waals surface area contributed by atoms with Crippen molar-refractivity contribution in [1.29, 1.82) is 0 Å². The van der Waals surface area contributed by atoms with E-state index in [9.17, 15) is 0 Å². The molecular formula is C16H25BrN2. The van der Waals surface area contributed by atoms with Crippen LogP contribution in [0.2, 0.25) is 0 Å². The van der Waals surface area contributed by atoms with Crippen molar-refractivity contribution < 1.29 is 0 Å². The van der Waals surface area contributed by atoms with Gasteiger partial charge in [0.05, 0.1) is 11.4 Å². The molecule has 2 nitrogen and oxygen atoms in total. The lowest BCUT2D eigenvalue weighted by Crippen LogP contribution is -2.32. The molecule has 0 amide bonds. The van der Waals surface area contributed by atoms with E-state index in [1.165, 1.54) is 43.5 Å². The van der Waals surface area contributed by atoms with Gasteiger partial charge in [-0.05, 0) is 37.0 Å². The van der Waals surface area contributed by atoms with Crippen LogP contribution >= 0.6 is 15.9 Å². The van der Waals surface area contributed by atoms with Crippen molar-refractivity contribution in [2.24, 2.45) is 5.92 Å². The van der Waals surface area contributed by atoms with E-state index in [-0.39, 0.29) is 0 Å². The van der Waals surface area contributed by atoms with Gasteiger partial charge in [-0.25, -0.2) is 0 Å². The van der Waals surface area contributed by atoms with Gasteiger partial charge >= 0.3 is 0 Å². The highest BCUT2D eigenvalue weighted by Gasteiger charge is 2.24. The van der Waals surface area contributed by atoms with Crippen LogP contribution in [-0.4, -0.2) is 20.1 Å². The summed E-state index contributed by atoms with van der Waals surface area (Å²) in [5.41, 5.74) is 2.52. The number of nitrogens with one attached hydrogen (secondary N) is 1. The standard InChI is InChI=1S/C16H25BrN2/c1-4-12-7-5-6-8-14(12)18-15-11-13(17)9-10-16(15)19(2)3/h9-12,14,18H,4-8H2,1-3H3. The minimum Gasteiger partial charge on any atom is -0.380 e. The molecule has 1 aromatic carbocycles. The zero-order valence-corrected chi connectivity index (χ0v) is 13.8. The zero-order chi connectivity index (χ0) is 13.8. The van der Waals surface area contributed by atoms with Gasteiger partial charge in [-0.15, -0.1) is 0 Å². The zero-order valence-electron chi connectivity index (χ0n) is 12.2. The molecule has 0 bridgehead atoms. The lowest BCUT2D eigenvalue weighted by Gasteiger charge is -2.33. The van der Waals surface area contributed by atoms with E-state index < -0.39 is 0 Å². The summed E-state index contributed by atoms with van der Waals surface area (Å²) in [4.78, 5) is 2.18. The highest BCUT2D eigenvalue weighted by molar-refractivity contribution is 9.10. The highest BCUT2D eigenvalue weighted by atomic mass is 79.9. The average Bonchev–Trinajstić information content (AvgIpc) is 2.39. The maximum atomic E-state index is 3.80. The van der Waals surface area contributed by atoms with Crippen molar-refractivity contribution in [2.45, 2.75) is 45.1 Å². The Morgan fingerprint density at radius 3 is 2.68 bits per heavy atom. The van der Waals surface area contributed by atoms with Crippen LogP contribution in [0.5, 0.6) is 0 Å². The summed E-state index contributed by atoms with van der Waals surface area (Å²) in [6, 6.07) is 7.12. The molecule has 2 unspecified atom stereocenters. The van der Waals surface area contributed by atoms with Gasteiger partial charge in [0.1, 0.15) is 0 Å². The molecule has 1 aliphatic rings. The molecule has 0 saturated heterocycles. The van der Waals surface area contributed by atoms with Crippen molar-refractivity contribution in [3.05, 3.63) is 22.7 Å². The van der Waals surface area contributed by atoms with Crippen molar-refractivity contribution in [3.8, 4) is 0 Å². The second kappa shape index (κ2) is 6.65. The second-order valence-electron chi connectivity index (χ2n) is 5.76. The Morgan fingerprint density at radius 1 is 1.26 bits per heavy atom. The number of rotatable bonds is 4. The highest BCUT2D eigenvalue weighted by Crippen LogP contribution is 2.34. The summed E-state index contributed by atoms with van der Waals surface area (Å²) in [6.07, 6.45) is 6.72. The predicted octanol–water partition coefficient (Wildman–Crippen LogP) is 4.90. The Kier molecular flexibility index (Phi) is 5.14. The van der Waals surface area contributed by atoms with Crippen LogP contribution in [0, 0.1) is 5.92 Å². The first-order valence-corrected chi connectivity index (χ1v) is 8.14. The predicted molar refractivity (Wildman–Crippen MR) is 88.1 cm³/mol. The Balaban J connectivity index is 2.19. The first-order chi connectivity index (χ1) is 9.11. The fraction of sp³-hybridized carbons (Fsp3) is 0.625. The van der Waals surface area contributed by atoms with E-state index in [2.05, 4.69) is 65.4 Å². The fourth-order valence-electron chi connectivity index (χ4n) is 3.10. The monoisotopic (exact) mass is 324 g/mol. The van der Waals surface area contributed by atoms with Gasteiger partial charge in [-0.3, -0.25) is 0 Å². The van der Waals surface area contributed by atoms with E-state index in [4.69, 9.17) is 0 Å². The second-order valence-corrected chi connectivity index (χ2v) is 6.68. The first kappa shape index (κ1) is 14.7. The number of halogens is 1. The molecule has 1 fully saturated rings. The van der Waals surface area contributed by atoms with Gasteiger partial charge in [0.2, 0.25) is 0 Å². The molecule has 1 aliphatic carbocycles. The van der Waals surface area contributed by atoms with Crippen LogP contribution in [0.25, 0.3) is 0 Å². The maximum Gasteiger partial charge on any atom is 0.0597 e. The molecule has 1 saturated carbocycles. The molecule has 2 atom stereocenters. The van der Waals surface area contributed by atoms with Crippen LogP contribution in [0.4, 0.5) is 11.4 Å². The van der Waals surface area contributed by atoms with E-state index in [1.807, 2.05) is 0 Å². The Bertz CT molecular complexity index is 417. The molecule has 0 heterocycles. The average molecular weight is 325 g/mol. The molecule has 106 valence electrons. The lowest BCUT2D eigenvalue weighted by molar-refractivity contribution is 0.317. The van der Waals surface area contributed by atoms with Crippen LogP contribution in [0.3, 0.4) is 0 Å². The van der Waals surface area contributed by atoms with E-state index in [0.29, 0.717) is 6.04 Å². The number of benzene rings is 1. The fourth-order valence-corrected chi connectivity index (χ4v) is 3.46. The smallest absolute Gasteiger partial charge is 0.0597 e. The summed E-state index contributed by atoms with van der Waals surface area (Å²) in [5, 5.41) is 3.80. The van der Waals surface area contributed by atoms with Gasteiger partial charge in [0.25, 0.3) is 0 Å². The van der Waals surface area contributed by atoms with E-state index >= 15 is 0 Å². The lowest BCUT2D eigenvalue weighted by atomic mass is 9.83. The number of hydrogen-bond acceptors (Lipinski definition) is 2. The van der Waals surface area contributed by atoms with Gasteiger partial charge in [-0.1, -0.05) is 42.1 Å². The summed E-state index contributed by atoms with van der Waals surface area (Å²) >= 11 is 3.58. The Morgan fingerprint density at radius 2 is 2.00 bits per heavy atom. The van der Waals surface area contributed by atoms with Gasteiger partial charge < -0.3 is 10.2 Å². The number of hydrogen-bond donors (Lipinski definition) is 1. The molecule has 19 heavy (non-hydrogen) atoms. The number of anilines is 2. The third-order valence-corrected chi connectivity index (χ3v) is 4.71. The third kappa shape index (κ3) is 3.65. The quantitative estimate of drug-likeness (QED) is 0.847. The molecule has 0 aromatic heterocycles. The van der Waals surface area contributed by atoms with E-state index in [0.717, 1.165) is 10.4 Å². The summed E-state index contributed by atoms with van der Waals surface area (Å²) < 4.78 is 1.14. The molecule has 2 rings (SSSR count). The molecule has 1 aromatic rings. The number of nitrogens with zero attached hydrogens (tertiary/aromatic N) is 1. The topological polar surface area (TPSA) is 15.3 Å². The Hall–Kier alpha value is -0.700. The van der Waals surface area contributed by atoms with Crippen molar-refractivity contribution in [2.75, 3.05) is 24.3 Å². The molecule has 3 heteroatoms. The van der Waals surface area contributed by atoms with Gasteiger partial charge in [0.15, 0.2) is 0 Å². The Labute approximate surface area is 125 Å². The van der Waals surface area contributed by atoms with Crippen LogP contribution in [0.15, 0.2) is 22.7 Å². The summed E-state index contributed by atoms with van der Waals surface area (Å²) in [6.45, 7) is 2.32. The van der Waals surface area contributed by atoms with Crippen molar-refractivity contribution in [1.82, 2.24) is 0 Å². The van der Waals surface area contributed by atoms with Crippen LogP contribution < -0.4 is 10.2 Å². The first-order valence-electron chi connectivity index (χ1n) is 7.35. The largest absolute Gasteiger partial charge is 0.380 e. The van der Waals surface area contributed by atoms with E-state index in [1.54, 1.807) is 0 Å². The minimum atomic E-state index is 0.631. The molecule has 0 radical (unpaired) electrons. The SMILES string of the molecule is CCC1CCCCC1Nc1cc(Br)ccc1N(C)C. The minimum absolute atomic E-state index is 0.631. The molecule has 0 spiro atoms.